The third-order valence-electron chi connectivity index (χ3n) is 8.19. The maximum atomic E-state index is 13.7. The predicted molar refractivity (Wildman–Crippen MR) is 135 cm³/mol. The molecule has 1 aliphatic heterocycles. The molecule has 0 unspecified atom stereocenters. The third-order valence-corrected chi connectivity index (χ3v) is 12.2. The van der Waals surface area contributed by atoms with Crippen molar-refractivity contribution in [2.75, 3.05) is 0 Å². The van der Waals surface area contributed by atoms with Crippen LogP contribution in [0.4, 0.5) is 4.39 Å². The van der Waals surface area contributed by atoms with Crippen LogP contribution in [0.1, 0.15) is 63.9 Å². The largest absolute Gasteiger partial charge is 0.205 e. The van der Waals surface area contributed by atoms with E-state index in [-0.39, 0.29) is 19.6 Å². The van der Waals surface area contributed by atoms with Crippen molar-refractivity contribution in [3.8, 4) is 11.1 Å². The van der Waals surface area contributed by atoms with Crippen molar-refractivity contribution in [3.63, 3.8) is 0 Å². The Balaban J connectivity index is 1.21. The van der Waals surface area contributed by atoms with Crippen molar-refractivity contribution in [2.45, 2.75) is 82.8 Å². The minimum Gasteiger partial charge on any atom is -0.205 e. The van der Waals surface area contributed by atoms with Crippen LogP contribution in [0.25, 0.3) is 11.1 Å². The van der Waals surface area contributed by atoms with E-state index in [9.17, 15) is 4.39 Å². The van der Waals surface area contributed by atoms with Crippen LogP contribution in [-0.2, 0) is 6.42 Å². The molecule has 0 aromatic heterocycles. The van der Waals surface area contributed by atoms with Crippen molar-refractivity contribution in [2.24, 2.45) is 17.8 Å². The quantitative estimate of drug-likeness (QED) is 0.364. The molecule has 4 rings (SSSR count). The summed E-state index contributed by atoms with van der Waals surface area (Å²) in [6, 6.07) is 18.6. The summed E-state index contributed by atoms with van der Waals surface area (Å²) >= 11 is 5.81. The molecule has 31 heavy (non-hydrogen) atoms. The first-order valence-corrected chi connectivity index (χ1v) is 15.5. The Morgan fingerprint density at radius 1 is 0.871 bits per heavy atom. The van der Waals surface area contributed by atoms with E-state index in [1.54, 1.807) is 37.0 Å². The Morgan fingerprint density at radius 2 is 1.52 bits per heavy atom. The van der Waals surface area contributed by atoms with E-state index in [4.69, 9.17) is 11.6 Å². The first kappa shape index (κ1) is 23.0. The molecule has 0 spiro atoms. The van der Waals surface area contributed by atoms with E-state index in [0.29, 0.717) is 0 Å². The topological polar surface area (TPSA) is 0 Å². The van der Waals surface area contributed by atoms with Crippen LogP contribution in [0.5, 0.6) is 0 Å². The molecular weight excluding hydrogens is 419 g/mol. The van der Waals surface area contributed by atoms with Gasteiger partial charge in [0.25, 0.3) is 0 Å². The van der Waals surface area contributed by atoms with Crippen molar-refractivity contribution in [1.29, 1.82) is 0 Å². The van der Waals surface area contributed by atoms with Gasteiger partial charge in [0.15, 0.2) is 0 Å². The number of hydrogen-bond donors (Lipinski definition) is 0. The Hall–Kier alpha value is -1.12. The zero-order valence-corrected chi connectivity index (χ0v) is 21.0. The van der Waals surface area contributed by atoms with Crippen LogP contribution in [0.3, 0.4) is 0 Å². The van der Waals surface area contributed by atoms with Crippen LogP contribution in [-0.4, -0.2) is 8.80 Å². The number of benzene rings is 2. The van der Waals surface area contributed by atoms with Crippen molar-refractivity contribution < 1.29 is 4.39 Å². The Kier molecular flexibility index (Phi) is 8.28. The molecule has 1 aliphatic carbocycles. The predicted octanol–water partition coefficient (Wildman–Crippen LogP) is 8.93. The van der Waals surface area contributed by atoms with Crippen molar-refractivity contribution in [3.05, 3.63) is 58.9 Å². The summed E-state index contributed by atoms with van der Waals surface area (Å²) in [4.78, 5) is 0. The summed E-state index contributed by atoms with van der Waals surface area (Å²) in [7, 11) is -0.331. The molecule has 1 saturated carbocycles. The van der Waals surface area contributed by atoms with Gasteiger partial charge in [0, 0.05) is 8.80 Å². The molecule has 0 nitrogen and oxygen atoms in total. The average Bonchev–Trinajstić information content (AvgIpc) is 2.81. The zero-order valence-electron chi connectivity index (χ0n) is 19.1. The van der Waals surface area contributed by atoms with Crippen LogP contribution in [0.15, 0.2) is 42.5 Å². The van der Waals surface area contributed by atoms with Crippen molar-refractivity contribution in [1.82, 2.24) is 0 Å². The molecule has 1 heterocycles. The summed E-state index contributed by atoms with van der Waals surface area (Å²) < 4.78 is 13.7. The second-order valence-electron chi connectivity index (χ2n) is 10.2. The van der Waals surface area contributed by atoms with E-state index >= 15 is 0 Å². The lowest BCUT2D eigenvalue weighted by atomic mass is 9.73. The maximum absolute atomic E-state index is 13.7. The zero-order chi connectivity index (χ0) is 21.6. The lowest BCUT2D eigenvalue weighted by Crippen LogP contribution is -2.28. The molecule has 1 saturated heterocycles. The van der Waals surface area contributed by atoms with Gasteiger partial charge < -0.3 is 0 Å². The van der Waals surface area contributed by atoms with E-state index in [1.807, 2.05) is 6.07 Å². The van der Waals surface area contributed by atoms with E-state index in [2.05, 4.69) is 31.2 Å². The number of hydrogen-bond acceptors (Lipinski definition) is 0. The molecule has 168 valence electrons. The fourth-order valence-corrected chi connectivity index (χ4v) is 9.81. The van der Waals surface area contributed by atoms with Gasteiger partial charge in [-0.1, -0.05) is 99.1 Å². The molecule has 0 radical (unpaired) electrons. The molecule has 2 fully saturated rings. The highest BCUT2D eigenvalue weighted by atomic mass is 35.5. The summed E-state index contributed by atoms with van der Waals surface area (Å²) in [5.74, 6) is 2.65. The number of halogens is 2. The van der Waals surface area contributed by atoms with Gasteiger partial charge in [0.1, 0.15) is 5.82 Å². The highest BCUT2D eigenvalue weighted by Crippen LogP contribution is 2.42. The molecule has 0 atom stereocenters. The van der Waals surface area contributed by atoms with Crippen LogP contribution in [0, 0.1) is 23.6 Å². The standard InChI is InChI=1S/C28H38ClFSi/c1-2-17-31-18-15-25(16-19-31)23-9-5-21(6-10-23)3-4-22-7-11-24(12-8-22)26-13-14-27(29)28(30)20-26/h7-8,11-14,20-21,23,25,31H,2-6,9-10,15-19H2,1H3. The third kappa shape index (κ3) is 6.23. The second kappa shape index (κ2) is 11.1. The molecule has 2 aromatic carbocycles. The number of rotatable bonds is 7. The fraction of sp³-hybridized carbons (Fsp3) is 0.571. The summed E-state index contributed by atoms with van der Waals surface area (Å²) in [5, 5.41) is 0.182. The van der Waals surface area contributed by atoms with Gasteiger partial charge >= 0.3 is 0 Å². The minimum absolute atomic E-state index is 0.182. The average molecular weight is 457 g/mol. The lowest BCUT2D eigenvalue weighted by molar-refractivity contribution is 0.186. The van der Waals surface area contributed by atoms with Crippen LogP contribution in [0.2, 0.25) is 23.2 Å². The SMILES string of the molecule is CCC[SiH]1CCC(C2CCC(CCc3ccc(-c4ccc(Cl)c(F)c4)cc3)CC2)CC1. The molecule has 0 amide bonds. The minimum atomic E-state index is -0.352. The Morgan fingerprint density at radius 3 is 2.16 bits per heavy atom. The van der Waals surface area contributed by atoms with Gasteiger partial charge in [-0.05, 0) is 72.3 Å². The Labute approximate surface area is 195 Å². The van der Waals surface area contributed by atoms with E-state index in [0.717, 1.165) is 35.3 Å². The van der Waals surface area contributed by atoms with Gasteiger partial charge in [-0.25, -0.2) is 4.39 Å². The highest BCUT2D eigenvalue weighted by molar-refractivity contribution is 6.58. The molecule has 0 N–H and O–H groups in total. The molecule has 0 bridgehead atoms. The molecule has 2 aliphatic rings. The smallest absolute Gasteiger partial charge is 0.142 e. The van der Waals surface area contributed by atoms with Gasteiger partial charge in [-0.15, -0.1) is 0 Å². The summed E-state index contributed by atoms with van der Waals surface area (Å²) in [6.45, 7) is 2.37. The first-order chi connectivity index (χ1) is 15.1. The summed E-state index contributed by atoms with van der Waals surface area (Å²) in [5.41, 5.74) is 3.34. The lowest BCUT2D eigenvalue weighted by Gasteiger charge is -2.37. The summed E-state index contributed by atoms with van der Waals surface area (Å²) in [6.07, 6.45) is 12.9. The van der Waals surface area contributed by atoms with Crippen molar-refractivity contribution >= 4 is 20.4 Å². The van der Waals surface area contributed by atoms with E-state index < -0.39 is 0 Å². The van der Waals surface area contributed by atoms with Crippen LogP contribution >= 0.6 is 11.6 Å². The van der Waals surface area contributed by atoms with E-state index in [1.165, 1.54) is 50.2 Å². The molecule has 3 heteroatoms. The first-order valence-electron chi connectivity index (χ1n) is 12.7. The van der Waals surface area contributed by atoms with Gasteiger partial charge in [0.2, 0.25) is 0 Å². The monoisotopic (exact) mass is 456 g/mol. The highest BCUT2D eigenvalue weighted by Gasteiger charge is 2.30. The molecule has 2 aromatic rings. The normalized spacial score (nSPS) is 26.7. The van der Waals surface area contributed by atoms with Gasteiger partial charge in [-0.3, -0.25) is 0 Å². The van der Waals surface area contributed by atoms with Crippen LogP contribution < -0.4 is 0 Å². The maximum Gasteiger partial charge on any atom is 0.142 e. The number of aryl methyl sites for hydroxylation is 1. The molecular formula is C28H38ClFSi. The van der Waals surface area contributed by atoms with Gasteiger partial charge in [-0.2, -0.15) is 0 Å². The van der Waals surface area contributed by atoms with Gasteiger partial charge in [0.05, 0.1) is 5.02 Å². The fourth-order valence-electron chi connectivity index (χ4n) is 6.22. The Bertz CT molecular complexity index is 817. The second-order valence-corrected chi connectivity index (χ2v) is 14.1.